The molecular formula is C14H16O4. The molecule has 4 heteroatoms. The zero-order valence-electron chi connectivity index (χ0n) is 10.1. The smallest absolute Gasteiger partial charge is 0.313 e. The maximum absolute atomic E-state index is 11.9. The van der Waals surface area contributed by atoms with Crippen molar-refractivity contribution in [3.63, 3.8) is 0 Å². The van der Waals surface area contributed by atoms with Gasteiger partial charge in [-0.15, -0.1) is 0 Å². The van der Waals surface area contributed by atoms with Crippen molar-refractivity contribution in [2.75, 3.05) is 0 Å². The Balaban J connectivity index is 1.86. The van der Waals surface area contributed by atoms with Gasteiger partial charge in [-0.2, -0.15) is 0 Å². The summed E-state index contributed by atoms with van der Waals surface area (Å²) in [5, 5.41) is 0. The number of hydrogen-bond acceptors (Lipinski definition) is 4. The van der Waals surface area contributed by atoms with E-state index in [0.717, 1.165) is 24.8 Å². The molecule has 18 heavy (non-hydrogen) atoms. The fourth-order valence-electron chi connectivity index (χ4n) is 2.27. The van der Waals surface area contributed by atoms with Gasteiger partial charge in [0, 0.05) is 0 Å². The van der Waals surface area contributed by atoms with Crippen LogP contribution in [0.15, 0.2) is 30.3 Å². The fraction of sp³-hybridized carbons (Fsp3) is 0.429. The maximum Gasteiger partial charge on any atom is 0.313 e. The van der Waals surface area contributed by atoms with Crippen LogP contribution in [0.25, 0.3) is 0 Å². The predicted octanol–water partition coefficient (Wildman–Crippen LogP) is 2.07. The number of carbonyl (C=O) groups excluding carboxylic acids is 2. The van der Waals surface area contributed by atoms with E-state index >= 15 is 0 Å². The van der Waals surface area contributed by atoms with Crippen molar-refractivity contribution in [2.24, 2.45) is 5.92 Å². The van der Waals surface area contributed by atoms with Crippen molar-refractivity contribution in [1.82, 2.24) is 0 Å². The Morgan fingerprint density at radius 1 is 1.28 bits per heavy atom. The van der Waals surface area contributed by atoms with Gasteiger partial charge in [-0.3, -0.25) is 9.59 Å². The van der Waals surface area contributed by atoms with Crippen molar-refractivity contribution in [2.45, 2.75) is 32.0 Å². The molecule has 1 aromatic rings. The third kappa shape index (κ3) is 3.09. The number of hydrogen-bond donors (Lipinski definition) is 0. The molecule has 1 aliphatic rings. The number of carbonyl (C=O) groups is 2. The van der Waals surface area contributed by atoms with Crippen LogP contribution in [-0.4, -0.2) is 18.5 Å². The van der Waals surface area contributed by atoms with Crippen LogP contribution in [0.1, 0.15) is 24.8 Å². The quantitative estimate of drug-likeness (QED) is 0.591. The van der Waals surface area contributed by atoms with Crippen molar-refractivity contribution >= 4 is 12.4 Å². The molecule has 1 fully saturated rings. The summed E-state index contributed by atoms with van der Waals surface area (Å²) in [5.74, 6) is -0.581. The normalized spacial score (nSPS) is 22.4. The molecule has 0 bridgehead atoms. The first-order chi connectivity index (χ1) is 8.81. The topological polar surface area (TPSA) is 52.6 Å². The summed E-state index contributed by atoms with van der Waals surface area (Å²) in [4.78, 5) is 22.2. The molecule has 0 saturated heterocycles. The molecule has 0 N–H and O–H groups in total. The van der Waals surface area contributed by atoms with Crippen LogP contribution in [0.2, 0.25) is 0 Å². The van der Waals surface area contributed by atoms with Crippen LogP contribution in [0.5, 0.6) is 0 Å². The highest BCUT2D eigenvalue weighted by molar-refractivity contribution is 5.73. The molecule has 0 unspecified atom stereocenters. The SMILES string of the molecule is O=CO[C@@H]1CCC[C@H]1C(=O)OCc1ccccc1. The second-order valence-electron chi connectivity index (χ2n) is 4.40. The first-order valence-electron chi connectivity index (χ1n) is 6.11. The summed E-state index contributed by atoms with van der Waals surface area (Å²) in [7, 11) is 0. The first kappa shape index (κ1) is 12.6. The lowest BCUT2D eigenvalue weighted by molar-refractivity contribution is -0.155. The van der Waals surface area contributed by atoms with Gasteiger partial charge in [0.15, 0.2) is 0 Å². The molecule has 4 nitrogen and oxygen atoms in total. The summed E-state index contributed by atoms with van der Waals surface area (Å²) in [6.07, 6.45) is 2.05. The van der Waals surface area contributed by atoms with Crippen LogP contribution in [0.4, 0.5) is 0 Å². The molecule has 1 aromatic carbocycles. The average molecular weight is 248 g/mol. The number of benzene rings is 1. The Kier molecular flexibility index (Phi) is 4.34. The van der Waals surface area contributed by atoms with Gasteiger partial charge in [0.25, 0.3) is 6.47 Å². The van der Waals surface area contributed by atoms with Crippen molar-refractivity contribution < 1.29 is 19.1 Å². The third-order valence-electron chi connectivity index (χ3n) is 3.21. The summed E-state index contributed by atoms with van der Waals surface area (Å²) in [6.45, 7) is 0.678. The zero-order chi connectivity index (χ0) is 12.8. The molecule has 1 saturated carbocycles. The number of esters is 1. The zero-order valence-corrected chi connectivity index (χ0v) is 10.1. The van der Waals surface area contributed by atoms with Gasteiger partial charge >= 0.3 is 5.97 Å². The Morgan fingerprint density at radius 3 is 2.78 bits per heavy atom. The molecule has 0 aromatic heterocycles. The molecule has 0 spiro atoms. The maximum atomic E-state index is 11.9. The molecule has 96 valence electrons. The summed E-state index contributed by atoms with van der Waals surface area (Å²) in [6, 6.07) is 9.52. The second kappa shape index (κ2) is 6.19. The van der Waals surface area contributed by atoms with Gasteiger partial charge in [0.05, 0.1) is 5.92 Å². The minimum absolute atomic E-state index is 0.268. The average Bonchev–Trinajstić information content (AvgIpc) is 2.86. The summed E-state index contributed by atoms with van der Waals surface area (Å²) in [5.41, 5.74) is 0.955. The van der Waals surface area contributed by atoms with E-state index in [1.54, 1.807) is 0 Å². The minimum Gasteiger partial charge on any atom is -0.464 e. The van der Waals surface area contributed by atoms with E-state index < -0.39 is 0 Å². The van der Waals surface area contributed by atoms with Gasteiger partial charge in [-0.25, -0.2) is 0 Å². The Morgan fingerprint density at radius 2 is 2.06 bits per heavy atom. The molecule has 0 heterocycles. The molecule has 0 aliphatic heterocycles. The molecule has 0 radical (unpaired) electrons. The van der Waals surface area contributed by atoms with Crippen molar-refractivity contribution in [1.29, 1.82) is 0 Å². The first-order valence-corrected chi connectivity index (χ1v) is 6.11. The lowest BCUT2D eigenvalue weighted by atomic mass is 10.1. The van der Waals surface area contributed by atoms with Gasteiger partial charge in [0.1, 0.15) is 12.7 Å². The monoisotopic (exact) mass is 248 g/mol. The van der Waals surface area contributed by atoms with E-state index in [4.69, 9.17) is 9.47 Å². The highest BCUT2D eigenvalue weighted by Gasteiger charge is 2.35. The molecular weight excluding hydrogens is 232 g/mol. The molecule has 2 atom stereocenters. The van der Waals surface area contributed by atoms with Crippen LogP contribution in [0, 0.1) is 5.92 Å². The summed E-state index contributed by atoms with van der Waals surface area (Å²) >= 11 is 0. The van der Waals surface area contributed by atoms with Crippen molar-refractivity contribution in [3.8, 4) is 0 Å². The van der Waals surface area contributed by atoms with Crippen molar-refractivity contribution in [3.05, 3.63) is 35.9 Å². The Labute approximate surface area is 106 Å². The molecule has 1 aliphatic carbocycles. The van der Waals surface area contributed by atoms with Gasteiger partial charge in [0.2, 0.25) is 0 Å². The second-order valence-corrected chi connectivity index (χ2v) is 4.40. The Hall–Kier alpha value is -1.84. The third-order valence-corrected chi connectivity index (χ3v) is 3.21. The van der Waals surface area contributed by atoms with E-state index in [1.807, 2.05) is 30.3 Å². The van der Waals surface area contributed by atoms with Gasteiger partial charge in [-0.1, -0.05) is 30.3 Å². The van der Waals surface area contributed by atoms with Gasteiger partial charge in [-0.05, 0) is 24.8 Å². The van der Waals surface area contributed by atoms with E-state index in [0.29, 0.717) is 6.47 Å². The standard InChI is InChI=1S/C14H16O4/c15-10-18-13-8-4-7-12(13)14(16)17-9-11-5-2-1-3-6-11/h1-3,5-6,10,12-13H,4,7-9H2/t12-,13-/m1/s1. The van der Waals surface area contributed by atoms with Crippen LogP contribution in [-0.2, 0) is 25.7 Å². The lowest BCUT2D eigenvalue weighted by Crippen LogP contribution is -2.27. The minimum atomic E-state index is -0.314. The van der Waals surface area contributed by atoms with E-state index in [2.05, 4.69) is 0 Å². The molecule has 2 rings (SSSR count). The van der Waals surface area contributed by atoms with E-state index in [-0.39, 0.29) is 24.6 Å². The van der Waals surface area contributed by atoms with E-state index in [1.165, 1.54) is 0 Å². The number of rotatable bonds is 5. The van der Waals surface area contributed by atoms with Crippen LogP contribution >= 0.6 is 0 Å². The van der Waals surface area contributed by atoms with E-state index in [9.17, 15) is 9.59 Å². The highest BCUT2D eigenvalue weighted by atomic mass is 16.5. The van der Waals surface area contributed by atoms with Gasteiger partial charge < -0.3 is 9.47 Å². The molecule has 0 amide bonds. The van der Waals surface area contributed by atoms with Crippen LogP contribution < -0.4 is 0 Å². The lowest BCUT2D eigenvalue weighted by Gasteiger charge is -2.16. The predicted molar refractivity (Wildman–Crippen MR) is 64.5 cm³/mol. The van der Waals surface area contributed by atoms with Crippen LogP contribution in [0.3, 0.4) is 0 Å². The summed E-state index contributed by atoms with van der Waals surface area (Å²) < 4.78 is 10.2. The fourth-order valence-corrected chi connectivity index (χ4v) is 2.27. The highest BCUT2D eigenvalue weighted by Crippen LogP contribution is 2.29. The largest absolute Gasteiger partial charge is 0.464 e. The Bertz CT molecular complexity index is 402. The number of ether oxygens (including phenoxy) is 2.